The van der Waals surface area contributed by atoms with Crippen molar-refractivity contribution in [1.29, 1.82) is 0 Å². The summed E-state index contributed by atoms with van der Waals surface area (Å²) in [6.07, 6.45) is -8.11. The predicted molar refractivity (Wildman–Crippen MR) is 63.1 cm³/mol. The Kier molecular flexibility index (Phi) is 3.41. The molecule has 20 heavy (non-hydrogen) atoms. The summed E-state index contributed by atoms with van der Waals surface area (Å²) in [5.41, 5.74) is -2.33. The fourth-order valence-electron chi connectivity index (χ4n) is 1.94. The summed E-state index contributed by atoms with van der Waals surface area (Å²) in [6, 6.07) is 3.68. The Morgan fingerprint density at radius 3 is 2.40 bits per heavy atom. The van der Waals surface area contributed by atoms with Gasteiger partial charge in [-0.3, -0.25) is 4.79 Å². The van der Waals surface area contributed by atoms with Crippen molar-refractivity contribution in [2.75, 3.05) is 5.84 Å². The standard InChI is InChI=1S/C12H9F5N2O/c13-10(14)4-6-1-2-9-7(3-6)8(12(15,16)17)5-11(20)19(9)18/h1-3,5,10H,4,18H2. The van der Waals surface area contributed by atoms with Crippen LogP contribution in [0.3, 0.4) is 0 Å². The van der Waals surface area contributed by atoms with Crippen molar-refractivity contribution in [1.82, 2.24) is 4.68 Å². The molecular weight excluding hydrogens is 283 g/mol. The molecule has 3 nitrogen and oxygen atoms in total. The molecule has 8 heteroatoms. The summed E-state index contributed by atoms with van der Waals surface area (Å²) in [5.74, 6) is 5.37. The third-order valence-corrected chi connectivity index (χ3v) is 2.81. The quantitative estimate of drug-likeness (QED) is 0.683. The van der Waals surface area contributed by atoms with E-state index >= 15 is 0 Å². The van der Waals surface area contributed by atoms with Crippen LogP contribution in [0.4, 0.5) is 22.0 Å². The van der Waals surface area contributed by atoms with Gasteiger partial charge in [0, 0.05) is 17.9 Å². The van der Waals surface area contributed by atoms with Gasteiger partial charge in [-0.05, 0) is 17.7 Å². The van der Waals surface area contributed by atoms with Gasteiger partial charge in [0.05, 0.1) is 11.1 Å². The zero-order valence-corrected chi connectivity index (χ0v) is 9.92. The van der Waals surface area contributed by atoms with E-state index in [1.807, 2.05) is 0 Å². The van der Waals surface area contributed by atoms with Gasteiger partial charge in [-0.15, -0.1) is 0 Å². The zero-order chi connectivity index (χ0) is 15.1. The SMILES string of the molecule is Nn1c(=O)cc(C(F)(F)F)c2cc(CC(F)F)ccc21. The van der Waals surface area contributed by atoms with Crippen LogP contribution >= 0.6 is 0 Å². The van der Waals surface area contributed by atoms with E-state index in [4.69, 9.17) is 5.84 Å². The van der Waals surface area contributed by atoms with Crippen LogP contribution in [-0.4, -0.2) is 11.1 Å². The number of pyridine rings is 1. The lowest BCUT2D eigenvalue weighted by Crippen LogP contribution is -2.28. The third kappa shape index (κ3) is 2.59. The first-order chi connectivity index (χ1) is 9.20. The molecule has 108 valence electrons. The van der Waals surface area contributed by atoms with Crippen molar-refractivity contribution < 1.29 is 22.0 Å². The molecular formula is C12H9F5N2O. The second kappa shape index (κ2) is 4.77. The number of fused-ring (bicyclic) bond motifs is 1. The number of rotatable bonds is 2. The van der Waals surface area contributed by atoms with Gasteiger partial charge >= 0.3 is 6.18 Å². The molecule has 0 radical (unpaired) electrons. The van der Waals surface area contributed by atoms with Crippen LogP contribution in [0.15, 0.2) is 29.1 Å². The maximum absolute atomic E-state index is 12.9. The topological polar surface area (TPSA) is 48.0 Å². The van der Waals surface area contributed by atoms with Gasteiger partial charge in [-0.25, -0.2) is 13.5 Å². The van der Waals surface area contributed by atoms with E-state index in [0.29, 0.717) is 10.7 Å². The van der Waals surface area contributed by atoms with Crippen molar-refractivity contribution in [3.8, 4) is 0 Å². The van der Waals surface area contributed by atoms with Gasteiger partial charge in [0.15, 0.2) is 0 Å². The Labute approximate surface area is 109 Å². The minimum atomic E-state index is -4.77. The minimum absolute atomic E-state index is 0.0386. The summed E-state index contributed by atoms with van der Waals surface area (Å²) in [6.45, 7) is 0. The van der Waals surface area contributed by atoms with Gasteiger partial charge in [-0.1, -0.05) is 6.07 Å². The maximum Gasteiger partial charge on any atom is 0.417 e. The van der Waals surface area contributed by atoms with E-state index in [0.717, 1.165) is 12.1 Å². The van der Waals surface area contributed by atoms with Crippen LogP contribution in [0.1, 0.15) is 11.1 Å². The van der Waals surface area contributed by atoms with E-state index in [2.05, 4.69) is 0 Å². The number of nitrogens with two attached hydrogens (primary N) is 1. The van der Waals surface area contributed by atoms with Gasteiger partial charge < -0.3 is 5.84 Å². The molecule has 2 rings (SSSR count). The van der Waals surface area contributed by atoms with Gasteiger partial charge in [-0.2, -0.15) is 13.2 Å². The Morgan fingerprint density at radius 2 is 1.85 bits per heavy atom. The average molecular weight is 292 g/mol. The average Bonchev–Trinajstić information content (AvgIpc) is 2.31. The lowest BCUT2D eigenvalue weighted by molar-refractivity contribution is -0.136. The first-order valence-corrected chi connectivity index (χ1v) is 5.49. The highest BCUT2D eigenvalue weighted by Crippen LogP contribution is 2.34. The molecule has 0 saturated carbocycles. The highest BCUT2D eigenvalue weighted by molar-refractivity contribution is 5.84. The smallest absolute Gasteiger partial charge is 0.336 e. The number of benzene rings is 1. The fraction of sp³-hybridized carbons (Fsp3) is 0.250. The number of nitrogen functional groups attached to an aromatic ring is 1. The maximum atomic E-state index is 12.9. The second-order valence-electron chi connectivity index (χ2n) is 4.21. The summed E-state index contributed by atoms with van der Waals surface area (Å²) < 4.78 is 63.8. The molecule has 0 aliphatic heterocycles. The number of hydrogen-bond acceptors (Lipinski definition) is 2. The van der Waals surface area contributed by atoms with Crippen molar-refractivity contribution in [2.24, 2.45) is 0 Å². The Morgan fingerprint density at radius 1 is 1.20 bits per heavy atom. The summed E-state index contributed by atoms with van der Waals surface area (Å²) >= 11 is 0. The van der Waals surface area contributed by atoms with E-state index in [1.54, 1.807) is 0 Å². The molecule has 0 amide bonds. The van der Waals surface area contributed by atoms with Gasteiger partial charge in [0.25, 0.3) is 5.56 Å². The van der Waals surface area contributed by atoms with E-state index in [9.17, 15) is 26.7 Å². The molecule has 0 fully saturated rings. The molecule has 0 bridgehead atoms. The molecule has 2 N–H and O–H groups in total. The Hall–Kier alpha value is -2.12. The number of alkyl halides is 5. The number of hydrogen-bond donors (Lipinski definition) is 1. The number of nitrogens with zero attached hydrogens (tertiary/aromatic N) is 1. The molecule has 0 atom stereocenters. The minimum Gasteiger partial charge on any atom is -0.336 e. The van der Waals surface area contributed by atoms with Crippen LogP contribution in [0.5, 0.6) is 0 Å². The first kappa shape index (κ1) is 14.3. The molecule has 0 unspecified atom stereocenters. The molecule has 2 aromatic rings. The van der Waals surface area contributed by atoms with Crippen LogP contribution in [0, 0.1) is 0 Å². The highest BCUT2D eigenvalue weighted by atomic mass is 19.4. The van der Waals surface area contributed by atoms with Crippen LogP contribution in [-0.2, 0) is 12.6 Å². The lowest BCUT2D eigenvalue weighted by atomic mass is 10.0. The lowest BCUT2D eigenvalue weighted by Gasteiger charge is -2.13. The van der Waals surface area contributed by atoms with Crippen molar-refractivity contribution >= 4 is 10.9 Å². The van der Waals surface area contributed by atoms with Crippen LogP contribution in [0.25, 0.3) is 10.9 Å². The summed E-state index contributed by atoms with van der Waals surface area (Å²) in [7, 11) is 0. The molecule has 1 heterocycles. The van der Waals surface area contributed by atoms with E-state index in [-0.39, 0.29) is 16.5 Å². The molecule has 0 aliphatic carbocycles. The summed E-state index contributed by atoms with van der Waals surface area (Å²) in [5, 5.41) is -0.377. The monoisotopic (exact) mass is 292 g/mol. The molecule has 1 aromatic heterocycles. The van der Waals surface area contributed by atoms with E-state index < -0.39 is 30.1 Å². The molecule has 1 aromatic carbocycles. The van der Waals surface area contributed by atoms with Gasteiger partial charge in [0.2, 0.25) is 6.43 Å². The molecule has 0 spiro atoms. The second-order valence-corrected chi connectivity index (χ2v) is 4.21. The number of aromatic nitrogens is 1. The Bertz CT molecular complexity index is 705. The van der Waals surface area contributed by atoms with Crippen LogP contribution in [0.2, 0.25) is 0 Å². The molecule has 0 aliphatic rings. The zero-order valence-electron chi connectivity index (χ0n) is 9.92. The first-order valence-electron chi connectivity index (χ1n) is 5.49. The fourth-order valence-corrected chi connectivity index (χ4v) is 1.94. The van der Waals surface area contributed by atoms with Gasteiger partial charge in [0.1, 0.15) is 0 Å². The van der Waals surface area contributed by atoms with E-state index in [1.165, 1.54) is 6.07 Å². The summed E-state index contributed by atoms with van der Waals surface area (Å²) in [4.78, 5) is 11.4. The third-order valence-electron chi connectivity index (χ3n) is 2.81. The number of halogens is 5. The van der Waals surface area contributed by atoms with Crippen LogP contribution < -0.4 is 11.4 Å². The Balaban J connectivity index is 2.77. The predicted octanol–water partition coefficient (Wildman–Crippen LogP) is 2.54. The van der Waals surface area contributed by atoms with Crippen molar-refractivity contribution in [3.05, 3.63) is 45.7 Å². The van der Waals surface area contributed by atoms with Crippen molar-refractivity contribution in [2.45, 2.75) is 19.0 Å². The molecule has 0 saturated heterocycles. The van der Waals surface area contributed by atoms with Crippen molar-refractivity contribution in [3.63, 3.8) is 0 Å². The largest absolute Gasteiger partial charge is 0.417 e. The normalized spacial score (nSPS) is 12.3. The highest BCUT2D eigenvalue weighted by Gasteiger charge is 2.33.